The number of H-pyrrole nitrogens is 1. The van der Waals surface area contributed by atoms with Gasteiger partial charge in [0.2, 0.25) is 0 Å². The smallest absolute Gasteiger partial charge is 0.334 e. The van der Waals surface area contributed by atoms with Gasteiger partial charge in [-0.15, -0.1) is 0 Å². The molecule has 7 nitrogen and oxygen atoms in total. The minimum absolute atomic E-state index is 0.220. The van der Waals surface area contributed by atoms with Gasteiger partial charge < -0.3 is 9.47 Å². The molecule has 0 radical (unpaired) electrons. The summed E-state index contributed by atoms with van der Waals surface area (Å²) in [5.41, 5.74) is -0.0899. The fourth-order valence-electron chi connectivity index (χ4n) is 1.83. The first-order valence-corrected chi connectivity index (χ1v) is 6.73. The van der Waals surface area contributed by atoms with Crippen LogP contribution in [0, 0.1) is 0 Å². The van der Waals surface area contributed by atoms with Gasteiger partial charge in [-0.3, -0.25) is 14.3 Å². The number of esters is 1. The van der Waals surface area contributed by atoms with Crippen LogP contribution in [0.2, 0.25) is 0 Å². The van der Waals surface area contributed by atoms with E-state index in [0.717, 1.165) is 4.57 Å². The second kappa shape index (κ2) is 6.78. The molecule has 0 saturated carbocycles. The molecule has 0 aliphatic rings. The summed E-state index contributed by atoms with van der Waals surface area (Å²) in [6, 6.07) is 6.78. The second-order valence-electron chi connectivity index (χ2n) is 4.84. The molecule has 0 saturated heterocycles. The SMILES string of the molecule is C=C(C)C(=O)OCn1cc(-c2ccc(OC)cc2)c(=O)[nH]c1=O. The third-order valence-corrected chi connectivity index (χ3v) is 3.10. The van der Waals surface area contributed by atoms with E-state index in [1.807, 2.05) is 0 Å². The zero-order chi connectivity index (χ0) is 17.0. The number of hydrogen-bond donors (Lipinski definition) is 1. The maximum atomic E-state index is 12.0. The Morgan fingerprint density at radius 1 is 1.26 bits per heavy atom. The Labute approximate surface area is 131 Å². The van der Waals surface area contributed by atoms with Crippen LogP contribution in [0.1, 0.15) is 6.92 Å². The van der Waals surface area contributed by atoms with Crippen LogP contribution in [0.3, 0.4) is 0 Å². The summed E-state index contributed by atoms with van der Waals surface area (Å²) < 4.78 is 11.1. The quantitative estimate of drug-likeness (QED) is 0.663. The number of rotatable bonds is 5. The highest BCUT2D eigenvalue weighted by Crippen LogP contribution is 2.18. The molecule has 0 aliphatic carbocycles. The van der Waals surface area contributed by atoms with Crippen LogP contribution in [0.4, 0.5) is 0 Å². The van der Waals surface area contributed by atoms with Crippen molar-refractivity contribution < 1.29 is 14.3 Å². The monoisotopic (exact) mass is 316 g/mol. The van der Waals surface area contributed by atoms with Gasteiger partial charge in [-0.2, -0.15) is 0 Å². The van der Waals surface area contributed by atoms with Gasteiger partial charge in [0.1, 0.15) is 5.75 Å². The molecule has 1 heterocycles. The van der Waals surface area contributed by atoms with E-state index in [-0.39, 0.29) is 17.9 Å². The van der Waals surface area contributed by atoms with Crippen molar-refractivity contribution in [2.75, 3.05) is 7.11 Å². The molecule has 7 heteroatoms. The number of nitrogens with one attached hydrogen (secondary N) is 1. The third kappa shape index (κ3) is 3.76. The first-order chi connectivity index (χ1) is 10.9. The fraction of sp³-hybridized carbons (Fsp3) is 0.188. The highest BCUT2D eigenvalue weighted by molar-refractivity contribution is 5.86. The molecule has 0 aliphatic heterocycles. The molecule has 0 unspecified atom stereocenters. The Hall–Kier alpha value is -3.09. The molecule has 120 valence electrons. The van der Waals surface area contributed by atoms with E-state index in [2.05, 4.69) is 11.6 Å². The molecule has 0 spiro atoms. The van der Waals surface area contributed by atoms with Gasteiger partial charge in [0.15, 0.2) is 6.73 Å². The van der Waals surface area contributed by atoms with Crippen molar-refractivity contribution in [3.8, 4) is 16.9 Å². The van der Waals surface area contributed by atoms with Crippen LogP contribution >= 0.6 is 0 Å². The predicted molar refractivity (Wildman–Crippen MR) is 84.2 cm³/mol. The van der Waals surface area contributed by atoms with E-state index < -0.39 is 17.2 Å². The number of carbonyl (C=O) groups excluding carboxylic acids is 1. The largest absolute Gasteiger partial charge is 0.497 e. The van der Waals surface area contributed by atoms with Crippen molar-refractivity contribution in [2.24, 2.45) is 0 Å². The van der Waals surface area contributed by atoms with Gasteiger partial charge in [0.25, 0.3) is 5.56 Å². The van der Waals surface area contributed by atoms with Crippen molar-refractivity contribution >= 4 is 5.97 Å². The van der Waals surface area contributed by atoms with Crippen molar-refractivity contribution in [3.05, 3.63) is 63.5 Å². The van der Waals surface area contributed by atoms with E-state index in [9.17, 15) is 14.4 Å². The lowest BCUT2D eigenvalue weighted by molar-refractivity contribution is -0.142. The zero-order valence-corrected chi connectivity index (χ0v) is 12.8. The van der Waals surface area contributed by atoms with Crippen LogP contribution in [0.15, 0.2) is 52.2 Å². The molecule has 2 rings (SSSR count). The molecule has 0 fully saturated rings. The number of carbonyl (C=O) groups is 1. The number of methoxy groups -OCH3 is 1. The number of aromatic nitrogens is 2. The van der Waals surface area contributed by atoms with E-state index in [1.54, 1.807) is 24.3 Å². The highest BCUT2D eigenvalue weighted by atomic mass is 16.5. The zero-order valence-electron chi connectivity index (χ0n) is 12.8. The summed E-state index contributed by atoms with van der Waals surface area (Å²) in [4.78, 5) is 37.3. The van der Waals surface area contributed by atoms with Gasteiger partial charge in [0, 0.05) is 11.8 Å². The lowest BCUT2D eigenvalue weighted by atomic mass is 10.1. The van der Waals surface area contributed by atoms with Crippen molar-refractivity contribution in [3.63, 3.8) is 0 Å². The van der Waals surface area contributed by atoms with Crippen molar-refractivity contribution in [2.45, 2.75) is 13.7 Å². The first kappa shape index (κ1) is 16.3. The Morgan fingerprint density at radius 3 is 2.48 bits per heavy atom. The Balaban J connectivity index is 2.35. The summed E-state index contributed by atoms with van der Waals surface area (Å²) in [6.45, 7) is 4.64. The molecule has 23 heavy (non-hydrogen) atoms. The van der Waals surface area contributed by atoms with E-state index in [0.29, 0.717) is 11.3 Å². The summed E-state index contributed by atoms with van der Waals surface area (Å²) in [5.74, 6) is 0.0305. The predicted octanol–water partition coefficient (Wildman–Crippen LogP) is 1.29. The molecule has 2 aromatic rings. The number of aromatic amines is 1. The summed E-state index contributed by atoms with van der Waals surface area (Å²) in [6.07, 6.45) is 1.34. The Bertz CT molecular complexity index is 846. The normalized spacial score (nSPS) is 10.2. The van der Waals surface area contributed by atoms with Crippen molar-refractivity contribution in [1.29, 1.82) is 0 Å². The lowest BCUT2D eigenvalue weighted by Gasteiger charge is -2.09. The molecule has 0 atom stereocenters. The van der Waals surface area contributed by atoms with Gasteiger partial charge in [-0.1, -0.05) is 18.7 Å². The molecule has 1 N–H and O–H groups in total. The number of ether oxygens (including phenoxy) is 2. The number of hydrogen-bond acceptors (Lipinski definition) is 5. The highest BCUT2D eigenvalue weighted by Gasteiger charge is 2.09. The minimum atomic E-state index is -0.665. The average molecular weight is 316 g/mol. The maximum absolute atomic E-state index is 12.0. The minimum Gasteiger partial charge on any atom is -0.497 e. The summed E-state index contributed by atoms with van der Waals surface area (Å²) in [5, 5.41) is 0. The molecule has 1 aromatic carbocycles. The third-order valence-electron chi connectivity index (χ3n) is 3.10. The number of nitrogens with zero attached hydrogens (tertiary/aromatic N) is 1. The molecule has 1 aromatic heterocycles. The topological polar surface area (TPSA) is 90.4 Å². The van der Waals surface area contributed by atoms with Crippen LogP contribution in [-0.2, 0) is 16.3 Å². The Kier molecular flexibility index (Phi) is 4.80. The van der Waals surface area contributed by atoms with Crippen LogP contribution in [0.25, 0.3) is 11.1 Å². The van der Waals surface area contributed by atoms with Gasteiger partial charge >= 0.3 is 11.7 Å². The maximum Gasteiger partial charge on any atom is 0.334 e. The van der Waals surface area contributed by atoms with E-state index in [4.69, 9.17) is 9.47 Å². The summed E-state index contributed by atoms with van der Waals surface area (Å²) >= 11 is 0. The molecule has 0 amide bonds. The molecular weight excluding hydrogens is 300 g/mol. The van der Waals surface area contributed by atoms with Gasteiger partial charge in [-0.05, 0) is 24.6 Å². The number of benzene rings is 1. The Morgan fingerprint density at radius 2 is 1.91 bits per heavy atom. The second-order valence-corrected chi connectivity index (χ2v) is 4.84. The van der Waals surface area contributed by atoms with E-state index in [1.165, 1.54) is 20.2 Å². The van der Waals surface area contributed by atoms with Gasteiger partial charge in [0.05, 0.1) is 12.7 Å². The van der Waals surface area contributed by atoms with Crippen LogP contribution in [-0.4, -0.2) is 22.6 Å². The van der Waals surface area contributed by atoms with Crippen LogP contribution in [0.5, 0.6) is 5.75 Å². The molecule has 0 bridgehead atoms. The van der Waals surface area contributed by atoms with Crippen molar-refractivity contribution in [1.82, 2.24) is 9.55 Å². The van der Waals surface area contributed by atoms with Gasteiger partial charge in [-0.25, -0.2) is 9.59 Å². The first-order valence-electron chi connectivity index (χ1n) is 6.73. The standard InChI is InChI=1S/C16H16N2O5/c1-10(2)15(20)23-9-18-8-13(14(19)17-16(18)21)11-4-6-12(22-3)7-5-11/h4-8H,1,9H2,2-3H3,(H,17,19,21). The summed E-state index contributed by atoms with van der Waals surface area (Å²) in [7, 11) is 1.54. The van der Waals surface area contributed by atoms with E-state index >= 15 is 0 Å². The van der Waals surface area contributed by atoms with Crippen LogP contribution < -0.4 is 16.0 Å². The molecular formula is C16H16N2O5. The fourth-order valence-corrected chi connectivity index (χ4v) is 1.83. The average Bonchev–Trinajstić information content (AvgIpc) is 2.54. The lowest BCUT2D eigenvalue weighted by Crippen LogP contribution is -2.31.